The SMILES string of the molecule is CCCCc1noc(CC2(N)CCCCC2)n1. The summed E-state index contributed by atoms with van der Waals surface area (Å²) in [7, 11) is 0. The van der Waals surface area contributed by atoms with Crippen molar-refractivity contribution in [2.45, 2.75) is 70.3 Å². The van der Waals surface area contributed by atoms with Crippen LogP contribution in [-0.4, -0.2) is 15.7 Å². The van der Waals surface area contributed by atoms with E-state index in [9.17, 15) is 0 Å². The molecule has 4 heteroatoms. The zero-order valence-corrected chi connectivity index (χ0v) is 10.7. The van der Waals surface area contributed by atoms with Gasteiger partial charge in [0.2, 0.25) is 5.89 Å². The summed E-state index contributed by atoms with van der Waals surface area (Å²) < 4.78 is 5.29. The number of nitrogens with two attached hydrogens (primary N) is 1. The molecule has 0 radical (unpaired) electrons. The Balaban J connectivity index is 1.91. The van der Waals surface area contributed by atoms with Gasteiger partial charge >= 0.3 is 0 Å². The van der Waals surface area contributed by atoms with Crippen molar-refractivity contribution in [1.82, 2.24) is 10.1 Å². The van der Waals surface area contributed by atoms with Gasteiger partial charge in [-0.3, -0.25) is 0 Å². The van der Waals surface area contributed by atoms with Crippen LogP contribution in [0.5, 0.6) is 0 Å². The van der Waals surface area contributed by atoms with E-state index >= 15 is 0 Å². The summed E-state index contributed by atoms with van der Waals surface area (Å²) in [5.41, 5.74) is 6.27. The average Bonchev–Trinajstić information content (AvgIpc) is 2.74. The van der Waals surface area contributed by atoms with Gasteiger partial charge in [0.15, 0.2) is 5.82 Å². The van der Waals surface area contributed by atoms with E-state index in [1.807, 2.05) is 0 Å². The summed E-state index contributed by atoms with van der Waals surface area (Å²) in [5.74, 6) is 1.56. The molecular weight excluding hydrogens is 214 g/mol. The van der Waals surface area contributed by atoms with E-state index in [2.05, 4.69) is 17.1 Å². The highest BCUT2D eigenvalue weighted by atomic mass is 16.5. The fraction of sp³-hybridized carbons (Fsp3) is 0.846. The minimum Gasteiger partial charge on any atom is -0.339 e. The first kappa shape index (κ1) is 12.6. The van der Waals surface area contributed by atoms with Gasteiger partial charge < -0.3 is 10.3 Å². The molecule has 2 N–H and O–H groups in total. The van der Waals surface area contributed by atoms with Crippen molar-refractivity contribution < 1.29 is 4.52 Å². The molecule has 1 aliphatic carbocycles. The van der Waals surface area contributed by atoms with Crippen LogP contribution in [-0.2, 0) is 12.8 Å². The van der Waals surface area contributed by atoms with Gasteiger partial charge in [-0.05, 0) is 19.3 Å². The Labute approximate surface area is 103 Å². The summed E-state index contributed by atoms with van der Waals surface area (Å²) in [6.07, 6.45) is 9.87. The number of aryl methyl sites for hydroxylation is 1. The highest BCUT2D eigenvalue weighted by molar-refractivity contribution is 4.97. The maximum absolute atomic E-state index is 6.37. The van der Waals surface area contributed by atoms with E-state index in [-0.39, 0.29) is 5.54 Å². The van der Waals surface area contributed by atoms with Gasteiger partial charge in [-0.15, -0.1) is 0 Å². The summed E-state index contributed by atoms with van der Waals surface area (Å²) in [4.78, 5) is 4.43. The molecule has 1 aliphatic rings. The Morgan fingerprint density at radius 3 is 2.76 bits per heavy atom. The smallest absolute Gasteiger partial charge is 0.228 e. The molecule has 1 heterocycles. The van der Waals surface area contributed by atoms with Crippen LogP contribution in [0.25, 0.3) is 0 Å². The predicted octanol–water partition coefficient (Wildman–Crippen LogP) is 2.62. The van der Waals surface area contributed by atoms with Crippen LogP contribution in [0, 0.1) is 0 Å². The molecule has 0 unspecified atom stereocenters. The second-order valence-electron chi connectivity index (χ2n) is 5.31. The highest BCUT2D eigenvalue weighted by Gasteiger charge is 2.29. The lowest BCUT2D eigenvalue weighted by Crippen LogP contribution is -2.43. The van der Waals surface area contributed by atoms with Crippen LogP contribution in [0.2, 0.25) is 0 Å². The van der Waals surface area contributed by atoms with Crippen LogP contribution in [0.1, 0.15) is 63.6 Å². The van der Waals surface area contributed by atoms with E-state index in [1.165, 1.54) is 19.3 Å². The van der Waals surface area contributed by atoms with Gasteiger partial charge in [0.05, 0.1) is 0 Å². The van der Waals surface area contributed by atoms with Gasteiger partial charge in [0.25, 0.3) is 0 Å². The Morgan fingerprint density at radius 2 is 2.06 bits per heavy atom. The van der Waals surface area contributed by atoms with Crippen molar-refractivity contribution in [3.05, 3.63) is 11.7 Å². The molecule has 0 atom stereocenters. The summed E-state index contributed by atoms with van der Waals surface area (Å²) in [5, 5.41) is 4.01. The predicted molar refractivity (Wildman–Crippen MR) is 66.6 cm³/mol. The second kappa shape index (κ2) is 5.63. The lowest BCUT2D eigenvalue weighted by Gasteiger charge is -2.31. The second-order valence-corrected chi connectivity index (χ2v) is 5.31. The Morgan fingerprint density at radius 1 is 1.29 bits per heavy atom. The first-order valence-electron chi connectivity index (χ1n) is 6.82. The molecule has 2 rings (SSSR count). The van der Waals surface area contributed by atoms with E-state index < -0.39 is 0 Å². The summed E-state index contributed by atoms with van der Waals surface area (Å²) >= 11 is 0. The first-order chi connectivity index (χ1) is 8.22. The Bertz CT molecular complexity index is 342. The standard InChI is InChI=1S/C13H23N3O/c1-2-3-7-11-15-12(17-16-11)10-13(14)8-5-4-6-9-13/h2-10,14H2,1H3. The minimum atomic E-state index is -0.104. The molecule has 1 fully saturated rings. The van der Waals surface area contributed by atoms with Gasteiger partial charge in [0.1, 0.15) is 0 Å². The van der Waals surface area contributed by atoms with Crippen molar-refractivity contribution >= 4 is 0 Å². The van der Waals surface area contributed by atoms with E-state index in [4.69, 9.17) is 10.3 Å². The minimum absolute atomic E-state index is 0.104. The van der Waals surface area contributed by atoms with E-state index in [1.54, 1.807) is 0 Å². The maximum atomic E-state index is 6.37. The topological polar surface area (TPSA) is 64.9 Å². The van der Waals surface area contributed by atoms with Gasteiger partial charge in [-0.25, -0.2) is 0 Å². The number of rotatable bonds is 5. The quantitative estimate of drug-likeness (QED) is 0.855. The third-order valence-electron chi connectivity index (χ3n) is 3.62. The van der Waals surface area contributed by atoms with Crippen LogP contribution < -0.4 is 5.73 Å². The molecule has 1 saturated carbocycles. The van der Waals surface area contributed by atoms with Crippen LogP contribution in [0.3, 0.4) is 0 Å². The van der Waals surface area contributed by atoms with Crippen molar-refractivity contribution in [1.29, 1.82) is 0 Å². The van der Waals surface area contributed by atoms with Gasteiger partial charge in [-0.1, -0.05) is 37.8 Å². The molecule has 96 valence electrons. The lowest BCUT2D eigenvalue weighted by atomic mass is 9.80. The van der Waals surface area contributed by atoms with E-state index in [0.717, 1.165) is 50.2 Å². The zero-order chi connectivity index (χ0) is 12.1. The molecule has 0 amide bonds. The van der Waals surface area contributed by atoms with Crippen molar-refractivity contribution in [3.63, 3.8) is 0 Å². The van der Waals surface area contributed by atoms with Crippen LogP contribution in [0.15, 0.2) is 4.52 Å². The third kappa shape index (κ3) is 3.53. The molecule has 4 nitrogen and oxygen atoms in total. The maximum Gasteiger partial charge on any atom is 0.228 e. The number of unbranched alkanes of at least 4 members (excludes halogenated alkanes) is 1. The van der Waals surface area contributed by atoms with Crippen molar-refractivity contribution in [2.24, 2.45) is 5.73 Å². The molecule has 0 aromatic carbocycles. The fourth-order valence-electron chi connectivity index (χ4n) is 2.53. The fourth-order valence-corrected chi connectivity index (χ4v) is 2.53. The normalized spacial score (nSPS) is 19.4. The molecule has 0 bridgehead atoms. The van der Waals surface area contributed by atoms with Crippen molar-refractivity contribution in [2.75, 3.05) is 0 Å². The number of hydrogen-bond acceptors (Lipinski definition) is 4. The molecule has 0 aliphatic heterocycles. The summed E-state index contributed by atoms with van der Waals surface area (Å²) in [6.45, 7) is 2.16. The number of hydrogen-bond donors (Lipinski definition) is 1. The Hall–Kier alpha value is -0.900. The van der Waals surface area contributed by atoms with Gasteiger partial charge in [-0.2, -0.15) is 4.98 Å². The first-order valence-corrected chi connectivity index (χ1v) is 6.82. The number of nitrogens with zero attached hydrogens (tertiary/aromatic N) is 2. The zero-order valence-electron chi connectivity index (χ0n) is 10.7. The van der Waals surface area contributed by atoms with Gasteiger partial charge in [0, 0.05) is 18.4 Å². The largest absolute Gasteiger partial charge is 0.339 e. The average molecular weight is 237 g/mol. The van der Waals surface area contributed by atoms with Crippen LogP contribution >= 0.6 is 0 Å². The molecule has 0 spiro atoms. The molecular formula is C13H23N3O. The van der Waals surface area contributed by atoms with E-state index in [0.29, 0.717) is 0 Å². The number of aromatic nitrogens is 2. The monoisotopic (exact) mass is 237 g/mol. The molecule has 0 saturated heterocycles. The van der Waals surface area contributed by atoms with Crippen LogP contribution in [0.4, 0.5) is 0 Å². The Kier molecular flexibility index (Phi) is 4.15. The lowest BCUT2D eigenvalue weighted by molar-refractivity contribution is 0.260. The molecule has 1 aromatic rings. The highest BCUT2D eigenvalue weighted by Crippen LogP contribution is 2.28. The molecule has 17 heavy (non-hydrogen) atoms. The van der Waals surface area contributed by atoms with Crippen molar-refractivity contribution in [3.8, 4) is 0 Å². The third-order valence-corrected chi connectivity index (χ3v) is 3.62. The summed E-state index contributed by atoms with van der Waals surface area (Å²) in [6, 6.07) is 0. The molecule has 1 aromatic heterocycles.